The van der Waals surface area contributed by atoms with Crippen LogP contribution in [-0.4, -0.2) is 84.9 Å². The second-order valence-corrected chi connectivity index (χ2v) is 9.86. The molecule has 3 amide bonds. The molecule has 5 rings (SSSR count). The third kappa shape index (κ3) is 6.61. The van der Waals surface area contributed by atoms with Gasteiger partial charge in [-0.05, 0) is 48.9 Å². The largest absolute Gasteiger partial charge is 0.366 e. The highest BCUT2D eigenvalue weighted by molar-refractivity contribution is 6.00. The first-order valence-electron chi connectivity index (χ1n) is 13.5. The van der Waals surface area contributed by atoms with E-state index >= 15 is 0 Å². The minimum absolute atomic E-state index is 0.0318. The summed E-state index contributed by atoms with van der Waals surface area (Å²) >= 11 is 0. The van der Waals surface area contributed by atoms with Gasteiger partial charge in [0.05, 0.1) is 23.4 Å². The summed E-state index contributed by atoms with van der Waals surface area (Å²) in [5, 5.41) is 6.40. The Morgan fingerprint density at radius 3 is 2.33 bits per heavy atom. The van der Waals surface area contributed by atoms with Gasteiger partial charge in [0.1, 0.15) is 0 Å². The number of piperazine rings is 1. The fourth-order valence-electron chi connectivity index (χ4n) is 5.07. The molecule has 0 unspecified atom stereocenters. The lowest BCUT2D eigenvalue weighted by atomic mass is 10.1. The molecule has 2 fully saturated rings. The molecule has 2 aliphatic rings. The molecule has 2 N–H and O–H groups in total. The van der Waals surface area contributed by atoms with Gasteiger partial charge in [-0.25, -0.2) is 0 Å². The Kier molecular flexibility index (Phi) is 8.48. The molecule has 9 heteroatoms. The van der Waals surface area contributed by atoms with Crippen molar-refractivity contribution in [3.05, 3.63) is 89.7 Å². The van der Waals surface area contributed by atoms with Crippen LogP contribution in [-0.2, 0) is 11.2 Å². The molecule has 0 radical (unpaired) electrons. The highest BCUT2D eigenvalue weighted by Crippen LogP contribution is 2.29. The predicted molar refractivity (Wildman–Crippen MR) is 151 cm³/mol. The van der Waals surface area contributed by atoms with E-state index in [9.17, 15) is 14.4 Å². The average Bonchev–Trinajstić information content (AvgIpc) is 3.27. The fraction of sp³-hybridized carbons (Fsp3) is 0.333. The van der Waals surface area contributed by atoms with Crippen LogP contribution < -0.4 is 15.5 Å². The van der Waals surface area contributed by atoms with Gasteiger partial charge in [0.15, 0.2) is 0 Å². The lowest BCUT2D eigenvalue weighted by Crippen LogP contribution is -2.49. The van der Waals surface area contributed by atoms with Crippen LogP contribution in [0, 0.1) is 0 Å². The van der Waals surface area contributed by atoms with Crippen LogP contribution in [0.15, 0.2) is 73.1 Å². The number of carbonyl (C=O) groups excluding carboxylic acids is 3. The number of rotatable bonds is 6. The Hall–Kier alpha value is -4.24. The topological polar surface area (TPSA) is 97.9 Å². The van der Waals surface area contributed by atoms with Crippen molar-refractivity contribution in [2.75, 3.05) is 62.6 Å². The van der Waals surface area contributed by atoms with E-state index in [-0.39, 0.29) is 24.1 Å². The van der Waals surface area contributed by atoms with Gasteiger partial charge in [0, 0.05) is 63.8 Å². The summed E-state index contributed by atoms with van der Waals surface area (Å²) < 4.78 is 0. The Balaban J connectivity index is 1.34. The summed E-state index contributed by atoms with van der Waals surface area (Å²) in [5.74, 6) is -0.209. The molecule has 2 aliphatic heterocycles. The van der Waals surface area contributed by atoms with E-state index in [4.69, 9.17) is 0 Å². The van der Waals surface area contributed by atoms with Crippen molar-refractivity contribution < 1.29 is 14.4 Å². The number of nitrogens with zero attached hydrogens (tertiary/aromatic N) is 4. The number of hydrogen-bond donors (Lipinski definition) is 2. The fourth-order valence-corrected chi connectivity index (χ4v) is 5.07. The molecule has 0 saturated carbocycles. The van der Waals surface area contributed by atoms with Crippen molar-refractivity contribution in [2.45, 2.75) is 12.8 Å². The van der Waals surface area contributed by atoms with Crippen molar-refractivity contribution in [3.8, 4) is 0 Å². The highest BCUT2D eigenvalue weighted by Gasteiger charge is 2.25. The van der Waals surface area contributed by atoms with Gasteiger partial charge < -0.3 is 25.3 Å². The molecule has 0 bridgehead atoms. The molecule has 2 aromatic carbocycles. The maximum Gasteiger partial charge on any atom is 0.255 e. The number of aromatic nitrogens is 1. The minimum Gasteiger partial charge on any atom is -0.366 e. The van der Waals surface area contributed by atoms with Crippen LogP contribution in [0.2, 0.25) is 0 Å². The van der Waals surface area contributed by atoms with E-state index in [0.29, 0.717) is 56.1 Å². The molecule has 9 nitrogen and oxygen atoms in total. The van der Waals surface area contributed by atoms with Crippen LogP contribution in [0.5, 0.6) is 0 Å². The zero-order chi connectivity index (χ0) is 27.0. The first-order valence-corrected chi connectivity index (χ1v) is 13.5. The Morgan fingerprint density at radius 2 is 1.56 bits per heavy atom. The zero-order valence-electron chi connectivity index (χ0n) is 22.0. The maximum atomic E-state index is 13.3. The van der Waals surface area contributed by atoms with E-state index < -0.39 is 0 Å². The summed E-state index contributed by atoms with van der Waals surface area (Å²) in [7, 11) is 0. The molecule has 2 saturated heterocycles. The molecule has 3 heterocycles. The van der Waals surface area contributed by atoms with Crippen molar-refractivity contribution in [3.63, 3.8) is 0 Å². The highest BCUT2D eigenvalue weighted by atomic mass is 16.2. The summed E-state index contributed by atoms with van der Waals surface area (Å²) in [6, 6.07) is 18.7. The summed E-state index contributed by atoms with van der Waals surface area (Å²) in [5.41, 5.74) is 3.51. The third-order valence-electron chi connectivity index (χ3n) is 7.17. The van der Waals surface area contributed by atoms with Gasteiger partial charge in [-0.3, -0.25) is 19.4 Å². The molecular weight excluding hydrogens is 492 g/mol. The van der Waals surface area contributed by atoms with Crippen molar-refractivity contribution in [2.24, 2.45) is 0 Å². The molecule has 0 spiro atoms. The number of pyridine rings is 1. The molecule has 202 valence electrons. The predicted octanol–water partition coefficient (Wildman–Crippen LogP) is 2.66. The number of hydrogen-bond acceptors (Lipinski definition) is 6. The number of amides is 3. The normalized spacial score (nSPS) is 15.9. The third-order valence-corrected chi connectivity index (χ3v) is 7.17. The zero-order valence-corrected chi connectivity index (χ0v) is 22.0. The molecule has 39 heavy (non-hydrogen) atoms. The van der Waals surface area contributed by atoms with Crippen molar-refractivity contribution >= 4 is 29.1 Å². The Morgan fingerprint density at radius 1 is 0.795 bits per heavy atom. The van der Waals surface area contributed by atoms with Gasteiger partial charge in [0.25, 0.3) is 11.8 Å². The van der Waals surface area contributed by atoms with Gasteiger partial charge in [-0.2, -0.15) is 0 Å². The summed E-state index contributed by atoms with van der Waals surface area (Å²) in [6.07, 6.45) is 4.39. The standard InChI is InChI=1S/C30H34N6O3/c37-28(20-23-6-2-1-3-7-23)33-26-21-24(29(38)35-14-5-12-31-13-15-35)9-10-27(26)34-16-18-36(19-17-34)30(39)25-8-4-11-32-22-25/h1-4,6-11,21-22,31H,5,12-20H2,(H,33,37). The second-order valence-electron chi connectivity index (χ2n) is 9.86. The smallest absolute Gasteiger partial charge is 0.255 e. The van der Waals surface area contributed by atoms with E-state index in [1.54, 1.807) is 30.6 Å². The second kappa shape index (κ2) is 12.5. The molecule has 0 atom stereocenters. The van der Waals surface area contributed by atoms with Crippen LogP contribution in [0.3, 0.4) is 0 Å². The van der Waals surface area contributed by atoms with Crippen LogP contribution in [0.25, 0.3) is 0 Å². The lowest BCUT2D eigenvalue weighted by molar-refractivity contribution is -0.115. The minimum atomic E-state index is -0.142. The Labute approximate surface area is 228 Å². The monoisotopic (exact) mass is 526 g/mol. The molecule has 3 aromatic rings. The SMILES string of the molecule is O=C(Cc1ccccc1)Nc1cc(C(=O)N2CCCNCC2)ccc1N1CCN(C(=O)c2cccnc2)CC1. The molecule has 1 aromatic heterocycles. The maximum absolute atomic E-state index is 13.3. The van der Waals surface area contributed by atoms with E-state index in [0.717, 1.165) is 30.8 Å². The Bertz CT molecular complexity index is 1280. The number of benzene rings is 2. The van der Waals surface area contributed by atoms with E-state index in [2.05, 4.69) is 20.5 Å². The first-order chi connectivity index (χ1) is 19.1. The van der Waals surface area contributed by atoms with Crippen molar-refractivity contribution in [1.82, 2.24) is 20.1 Å². The van der Waals surface area contributed by atoms with Gasteiger partial charge in [-0.1, -0.05) is 30.3 Å². The number of nitrogens with one attached hydrogen (secondary N) is 2. The number of carbonyl (C=O) groups is 3. The van der Waals surface area contributed by atoms with Crippen molar-refractivity contribution in [1.29, 1.82) is 0 Å². The molecule has 0 aliphatic carbocycles. The van der Waals surface area contributed by atoms with Gasteiger partial charge >= 0.3 is 0 Å². The molecular formula is C30H34N6O3. The van der Waals surface area contributed by atoms with Gasteiger partial charge in [-0.15, -0.1) is 0 Å². The van der Waals surface area contributed by atoms with E-state index in [1.165, 1.54) is 0 Å². The van der Waals surface area contributed by atoms with E-state index in [1.807, 2.05) is 52.3 Å². The quantitative estimate of drug-likeness (QED) is 0.513. The summed E-state index contributed by atoms with van der Waals surface area (Å²) in [4.78, 5) is 49.2. The first kappa shape index (κ1) is 26.4. The van der Waals surface area contributed by atoms with Crippen LogP contribution in [0.1, 0.15) is 32.7 Å². The summed E-state index contributed by atoms with van der Waals surface area (Å²) in [6.45, 7) is 5.35. The number of anilines is 2. The average molecular weight is 527 g/mol. The van der Waals surface area contributed by atoms with Crippen LogP contribution >= 0.6 is 0 Å². The van der Waals surface area contributed by atoms with Crippen LogP contribution in [0.4, 0.5) is 11.4 Å². The van der Waals surface area contributed by atoms with Gasteiger partial charge in [0.2, 0.25) is 5.91 Å². The lowest BCUT2D eigenvalue weighted by Gasteiger charge is -2.37.